The molecule has 1 atom stereocenters. The van der Waals surface area contributed by atoms with Gasteiger partial charge in [0.15, 0.2) is 5.16 Å². The fraction of sp³-hybridized carbons (Fsp3) is 0.500. The van der Waals surface area contributed by atoms with E-state index in [0.717, 1.165) is 25.2 Å². The second kappa shape index (κ2) is 6.11. The molecular weight excluding hydrogens is 280 g/mol. The summed E-state index contributed by atoms with van der Waals surface area (Å²) in [5, 5.41) is 4.57. The first-order valence-corrected chi connectivity index (χ1v) is 7.16. The number of ether oxygens (including phenoxy) is 1. The Kier molecular flexibility index (Phi) is 4.04. The Morgan fingerprint density at radius 1 is 1.45 bits per heavy atom. The average molecular weight is 294 g/mol. The van der Waals surface area contributed by atoms with E-state index in [2.05, 4.69) is 30.5 Å². The average Bonchev–Trinajstić information content (AvgIpc) is 3.17. The van der Waals surface area contributed by atoms with Gasteiger partial charge in [0.2, 0.25) is 5.95 Å². The molecule has 0 saturated carbocycles. The van der Waals surface area contributed by atoms with Crippen molar-refractivity contribution in [1.29, 1.82) is 0 Å². The molecule has 1 unspecified atom stereocenters. The van der Waals surface area contributed by atoms with Crippen LogP contribution < -0.4 is 11.3 Å². The van der Waals surface area contributed by atoms with Gasteiger partial charge in [0, 0.05) is 12.4 Å². The molecule has 0 radical (unpaired) electrons. The van der Waals surface area contributed by atoms with E-state index < -0.39 is 0 Å². The first kappa shape index (κ1) is 13.2. The van der Waals surface area contributed by atoms with Crippen molar-refractivity contribution in [3.63, 3.8) is 0 Å². The van der Waals surface area contributed by atoms with Crippen molar-refractivity contribution in [1.82, 2.24) is 29.7 Å². The van der Waals surface area contributed by atoms with Crippen LogP contribution in [0.15, 0.2) is 17.8 Å². The van der Waals surface area contributed by atoms with E-state index in [9.17, 15) is 0 Å². The molecule has 3 rings (SSSR count). The molecule has 0 spiro atoms. The maximum absolute atomic E-state index is 5.57. The van der Waals surface area contributed by atoms with Crippen molar-refractivity contribution in [2.75, 3.05) is 17.8 Å². The van der Waals surface area contributed by atoms with E-state index in [-0.39, 0.29) is 6.10 Å². The molecule has 1 saturated heterocycles. The molecule has 1 fully saturated rings. The van der Waals surface area contributed by atoms with Gasteiger partial charge >= 0.3 is 0 Å². The number of hydrogen-bond acceptors (Lipinski definition) is 9. The number of thioether (sulfide) groups is 1. The van der Waals surface area contributed by atoms with Gasteiger partial charge in [-0.05, 0) is 12.8 Å². The summed E-state index contributed by atoms with van der Waals surface area (Å²) in [7, 11) is 0. The van der Waals surface area contributed by atoms with Crippen LogP contribution in [-0.4, -0.2) is 48.2 Å². The SMILES string of the molecule is NNc1nc(SCC2CCCO2)nc(-n2cncn2)n1. The van der Waals surface area contributed by atoms with Crippen LogP contribution in [0, 0.1) is 0 Å². The summed E-state index contributed by atoms with van der Waals surface area (Å²) in [6.07, 6.45) is 5.39. The maximum Gasteiger partial charge on any atom is 0.257 e. The van der Waals surface area contributed by atoms with Crippen LogP contribution in [0.2, 0.25) is 0 Å². The largest absolute Gasteiger partial charge is 0.377 e. The second-order valence-electron chi connectivity index (χ2n) is 4.17. The van der Waals surface area contributed by atoms with E-state index in [0.29, 0.717) is 17.1 Å². The predicted molar refractivity (Wildman–Crippen MR) is 72.3 cm³/mol. The van der Waals surface area contributed by atoms with Gasteiger partial charge in [-0.1, -0.05) is 11.8 Å². The molecule has 106 valence electrons. The third-order valence-corrected chi connectivity index (χ3v) is 3.76. The van der Waals surface area contributed by atoms with Gasteiger partial charge in [-0.15, -0.1) is 0 Å². The van der Waals surface area contributed by atoms with E-state index in [1.54, 1.807) is 0 Å². The lowest BCUT2D eigenvalue weighted by atomic mass is 10.3. The molecular formula is C10H14N8OS. The van der Waals surface area contributed by atoms with Gasteiger partial charge in [-0.25, -0.2) is 10.8 Å². The zero-order valence-electron chi connectivity index (χ0n) is 10.6. The number of nitrogens with one attached hydrogen (secondary N) is 1. The van der Waals surface area contributed by atoms with Crippen LogP contribution in [0.4, 0.5) is 5.95 Å². The van der Waals surface area contributed by atoms with Crippen LogP contribution in [-0.2, 0) is 4.74 Å². The van der Waals surface area contributed by atoms with Gasteiger partial charge in [0.25, 0.3) is 5.95 Å². The first-order chi connectivity index (χ1) is 9.85. The number of anilines is 1. The summed E-state index contributed by atoms with van der Waals surface area (Å²) in [6.45, 7) is 0.836. The highest BCUT2D eigenvalue weighted by atomic mass is 32.2. The van der Waals surface area contributed by atoms with E-state index in [1.165, 1.54) is 29.1 Å². The zero-order valence-corrected chi connectivity index (χ0v) is 11.5. The summed E-state index contributed by atoms with van der Waals surface area (Å²) in [4.78, 5) is 16.5. The minimum Gasteiger partial charge on any atom is -0.377 e. The molecule has 9 nitrogen and oxygen atoms in total. The van der Waals surface area contributed by atoms with Gasteiger partial charge in [-0.2, -0.15) is 24.7 Å². The molecule has 2 aromatic rings. The number of nitrogen functional groups attached to an aromatic ring is 1. The van der Waals surface area contributed by atoms with E-state index >= 15 is 0 Å². The Labute approximate surface area is 119 Å². The fourth-order valence-corrected chi connectivity index (χ4v) is 2.73. The number of aromatic nitrogens is 6. The molecule has 1 aliphatic rings. The molecule has 0 aromatic carbocycles. The van der Waals surface area contributed by atoms with Crippen molar-refractivity contribution in [3.05, 3.63) is 12.7 Å². The Morgan fingerprint density at radius 3 is 3.10 bits per heavy atom. The Hall–Kier alpha value is -1.78. The second-order valence-corrected chi connectivity index (χ2v) is 5.16. The molecule has 1 aliphatic heterocycles. The van der Waals surface area contributed by atoms with Crippen LogP contribution in [0.5, 0.6) is 0 Å². The van der Waals surface area contributed by atoms with Gasteiger partial charge in [0.05, 0.1) is 6.10 Å². The van der Waals surface area contributed by atoms with Gasteiger partial charge < -0.3 is 4.74 Å². The van der Waals surface area contributed by atoms with E-state index in [4.69, 9.17) is 10.6 Å². The summed E-state index contributed by atoms with van der Waals surface area (Å²) in [5.41, 5.74) is 2.43. The maximum atomic E-state index is 5.57. The Balaban J connectivity index is 1.77. The highest BCUT2D eigenvalue weighted by Crippen LogP contribution is 2.22. The smallest absolute Gasteiger partial charge is 0.257 e. The lowest BCUT2D eigenvalue weighted by Gasteiger charge is -2.09. The van der Waals surface area contributed by atoms with Crippen molar-refractivity contribution in [3.8, 4) is 5.95 Å². The van der Waals surface area contributed by atoms with Crippen LogP contribution in [0.25, 0.3) is 5.95 Å². The molecule has 3 heterocycles. The quantitative estimate of drug-likeness (QED) is 0.446. The molecule has 0 amide bonds. The third-order valence-electron chi connectivity index (χ3n) is 2.78. The van der Waals surface area contributed by atoms with Crippen molar-refractivity contribution in [2.45, 2.75) is 24.1 Å². The topological polar surface area (TPSA) is 117 Å². The lowest BCUT2D eigenvalue weighted by Crippen LogP contribution is -2.15. The predicted octanol–water partition coefficient (Wildman–Crippen LogP) is 0.00900. The van der Waals surface area contributed by atoms with Crippen molar-refractivity contribution >= 4 is 17.7 Å². The third kappa shape index (κ3) is 3.03. The number of nitrogens with two attached hydrogens (primary N) is 1. The van der Waals surface area contributed by atoms with Crippen molar-refractivity contribution in [2.24, 2.45) is 5.84 Å². The molecule has 0 bridgehead atoms. The Morgan fingerprint density at radius 2 is 2.40 bits per heavy atom. The summed E-state index contributed by atoms with van der Waals surface area (Å²) < 4.78 is 7.03. The highest BCUT2D eigenvalue weighted by Gasteiger charge is 2.17. The van der Waals surface area contributed by atoms with Gasteiger partial charge in [0.1, 0.15) is 12.7 Å². The number of hydrogen-bond donors (Lipinski definition) is 2. The minimum absolute atomic E-state index is 0.265. The normalized spacial score (nSPS) is 18.4. The first-order valence-electron chi connectivity index (χ1n) is 6.17. The number of nitrogens with zero attached hydrogens (tertiary/aromatic N) is 6. The number of rotatable bonds is 5. The zero-order chi connectivity index (χ0) is 13.8. The molecule has 10 heteroatoms. The van der Waals surface area contributed by atoms with Crippen LogP contribution >= 0.6 is 11.8 Å². The van der Waals surface area contributed by atoms with Crippen LogP contribution in [0.1, 0.15) is 12.8 Å². The van der Waals surface area contributed by atoms with Crippen LogP contribution in [0.3, 0.4) is 0 Å². The summed E-state index contributed by atoms with van der Waals surface area (Å²) in [5.74, 6) is 6.85. The summed E-state index contributed by atoms with van der Waals surface area (Å²) >= 11 is 1.51. The van der Waals surface area contributed by atoms with E-state index in [1.807, 2.05) is 0 Å². The number of hydrazine groups is 1. The summed E-state index contributed by atoms with van der Waals surface area (Å²) in [6, 6.07) is 0. The molecule has 2 aromatic heterocycles. The standard InChI is InChI=1S/C10H14N8OS/c11-17-8-14-9(18-6-12-5-13-18)16-10(15-8)20-4-7-2-1-3-19-7/h5-7H,1-4,11H2,(H,14,15,16,17). The molecule has 3 N–H and O–H groups in total. The Bertz CT molecular complexity index is 556. The molecule has 20 heavy (non-hydrogen) atoms. The monoisotopic (exact) mass is 294 g/mol. The fourth-order valence-electron chi connectivity index (χ4n) is 1.83. The molecule has 0 aliphatic carbocycles. The minimum atomic E-state index is 0.265. The lowest BCUT2D eigenvalue weighted by molar-refractivity contribution is 0.129. The van der Waals surface area contributed by atoms with Crippen molar-refractivity contribution < 1.29 is 4.74 Å². The van der Waals surface area contributed by atoms with Gasteiger partial charge in [-0.3, -0.25) is 5.43 Å². The highest BCUT2D eigenvalue weighted by molar-refractivity contribution is 7.99.